The fraction of sp³-hybridized carbons (Fsp3) is 1.00. The van der Waals surface area contributed by atoms with Gasteiger partial charge in [-0.25, -0.2) is 0 Å². The van der Waals surface area contributed by atoms with E-state index in [1.807, 2.05) is 0 Å². The minimum Gasteiger partial charge on any atom is -0.377 e. The summed E-state index contributed by atoms with van der Waals surface area (Å²) in [4.78, 5) is 0. The van der Waals surface area contributed by atoms with E-state index in [2.05, 4.69) is 19.2 Å². The maximum absolute atomic E-state index is 5.98. The van der Waals surface area contributed by atoms with Crippen LogP contribution in [0.5, 0.6) is 0 Å². The van der Waals surface area contributed by atoms with E-state index >= 15 is 0 Å². The minimum atomic E-state index is 0.299. The number of hydrogen-bond acceptors (Lipinski definition) is 3. The molecule has 0 spiro atoms. The lowest BCUT2D eigenvalue weighted by atomic mass is 9.55. The Balaban J connectivity index is 1.45. The van der Waals surface area contributed by atoms with Gasteiger partial charge in [-0.05, 0) is 32.1 Å². The van der Waals surface area contributed by atoms with Gasteiger partial charge in [-0.15, -0.1) is 0 Å². The van der Waals surface area contributed by atoms with Gasteiger partial charge in [0.2, 0.25) is 0 Å². The molecule has 4 fully saturated rings. The molecule has 3 heteroatoms. The minimum absolute atomic E-state index is 0.299. The van der Waals surface area contributed by atoms with Crippen molar-refractivity contribution in [2.24, 2.45) is 11.3 Å². The molecule has 3 nitrogen and oxygen atoms in total. The summed E-state index contributed by atoms with van der Waals surface area (Å²) in [6.07, 6.45) is 7.89. The molecule has 102 valence electrons. The molecule has 0 aromatic rings. The van der Waals surface area contributed by atoms with Gasteiger partial charge in [0.15, 0.2) is 0 Å². The van der Waals surface area contributed by atoms with Gasteiger partial charge in [0.1, 0.15) is 0 Å². The molecule has 18 heavy (non-hydrogen) atoms. The van der Waals surface area contributed by atoms with Gasteiger partial charge >= 0.3 is 0 Å². The first kappa shape index (κ1) is 11.7. The van der Waals surface area contributed by atoms with Crippen molar-refractivity contribution in [3.8, 4) is 0 Å². The van der Waals surface area contributed by atoms with Crippen LogP contribution in [0, 0.1) is 11.3 Å². The van der Waals surface area contributed by atoms with Crippen LogP contribution in [0.25, 0.3) is 0 Å². The Kier molecular flexibility index (Phi) is 2.56. The predicted molar refractivity (Wildman–Crippen MR) is 69.5 cm³/mol. The van der Waals surface area contributed by atoms with Crippen LogP contribution < -0.4 is 5.32 Å². The van der Waals surface area contributed by atoms with Crippen molar-refractivity contribution in [2.75, 3.05) is 6.61 Å². The molecule has 0 amide bonds. The SMILES string of the molecule is CC1(C)C(NC2CC3CCC2O3)C2CCCOC21. The highest BCUT2D eigenvalue weighted by molar-refractivity contribution is 5.12. The molecule has 3 saturated heterocycles. The fourth-order valence-electron chi connectivity index (χ4n) is 4.90. The van der Waals surface area contributed by atoms with Gasteiger partial charge in [0, 0.05) is 30.0 Å². The summed E-state index contributed by atoms with van der Waals surface area (Å²) < 4.78 is 11.9. The lowest BCUT2D eigenvalue weighted by Gasteiger charge is -2.61. The van der Waals surface area contributed by atoms with Crippen molar-refractivity contribution in [1.82, 2.24) is 5.32 Å². The van der Waals surface area contributed by atoms with E-state index in [0.29, 0.717) is 35.8 Å². The molecule has 4 rings (SSSR count). The number of rotatable bonds is 2. The third-order valence-corrected chi connectivity index (χ3v) is 5.83. The van der Waals surface area contributed by atoms with E-state index in [4.69, 9.17) is 9.47 Å². The molecule has 4 aliphatic rings. The van der Waals surface area contributed by atoms with E-state index in [0.717, 1.165) is 12.5 Å². The smallest absolute Gasteiger partial charge is 0.0733 e. The molecule has 6 atom stereocenters. The zero-order valence-electron chi connectivity index (χ0n) is 11.5. The molecule has 1 saturated carbocycles. The van der Waals surface area contributed by atoms with Crippen LogP contribution in [0.15, 0.2) is 0 Å². The molecule has 1 N–H and O–H groups in total. The van der Waals surface area contributed by atoms with Crippen molar-refractivity contribution in [1.29, 1.82) is 0 Å². The molecular formula is C15H25NO2. The summed E-state index contributed by atoms with van der Waals surface area (Å²) in [6, 6.07) is 1.24. The van der Waals surface area contributed by atoms with E-state index < -0.39 is 0 Å². The molecular weight excluding hydrogens is 226 g/mol. The van der Waals surface area contributed by atoms with Gasteiger partial charge in [-0.3, -0.25) is 0 Å². The van der Waals surface area contributed by atoms with Crippen molar-refractivity contribution >= 4 is 0 Å². The maximum Gasteiger partial charge on any atom is 0.0733 e. The van der Waals surface area contributed by atoms with Gasteiger partial charge in [-0.2, -0.15) is 0 Å². The second kappa shape index (κ2) is 3.94. The molecule has 0 aromatic carbocycles. The van der Waals surface area contributed by atoms with Crippen molar-refractivity contribution < 1.29 is 9.47 Å². The number of fused-ring (bicyclic) bond motifs is 3. The first-order chi connectivity index (χ1) is 8.66. The van der Waals surface area contributed by atoms with Crippen LogP contribution in [-0.4, -0.2) is 37.0 Å². The standard InChI is InChI=1S/C15H25NO2/c1-15(2)13(10-4-3-7-17-14(10)15)16-11-8-9-5-6-12(11)18-9/h9-14,16H,3-8H2,1-2H3. The van der Waals surface area contributed by atoms with Crippen molar-refractivity contribution in [2.45, 2.75) is 76.3 Å². The van der Waals surface area contributed by atoms with Crippen molar-refractivity contribution in [3.05, 3.63) is 0 Å². The van der Waals surface area contributed by atoms with Crippen LogP contribution >= 0.6 is 0 Å². The molecule has 0 radical (unpaired) electrons. The summed E-state index contributed by atoms with van der Waals surface area (Å²) in [6.45, 7) is 5.70. The lowest BCUT2D eigenvalue weighted by Crippen LogP contribution is -2.71. The Morgan fingerprint density at radius 2 is 2.06 bits per heavy atom. The summed E-state index contributed by atoms with van der Waals surface area (Å²) in [5.41, 5.74) is 0.299. The third kappa shape index (κ3) is 1.53. The molecule has 2 bridgehead atoms. The summed E-state index contributed by atoms with van der Waals surface area (Å²) in [5, 5.41) is 3.93. The van der Waals surface area contributed by atoms with Gasteiger partial charge < -0.3 is 14.8 Å². The second-order valence-electron chi connectivity index (χ2n) is 7.28. The number of nitrogens with one attached hydrogen (secondary N) is 1. The maximum atomic E-state index is 5.98. The zero-order valence-corrected chi connectivity index (χ0v) is 11.5. The topological polar surface area (TPSA) is 30.5 Å². The number of ether oxygens (including phenoxy) is 2. The highest BCUT2D eigenvalue weighted by Gasteiger charge is 2.59. The monoisotopic (exact) mass is 251 g/mol. The van der Waals surface area contributed by atoms with Gasteiger partial charge in [-0.1, -0.05) is 13.8 Å². The Labute approximate surface area is 110 Å². The van der Waals surface area contributed by atoms with Crippen LogP contribution in [-0.2, 0) is 9.47 Å². The van der Waals surface area contributed by atoms with E-state index in [9.17, 15) is 0 Å². The summed E-state index contributed by atoms with van der Waals surface area (Å²) in [7, 11) is 0. The highest BCUT2D eigenvalue weighted by atomic mass is 16.5. The average molecular weight is 251 g/mol. The Hall–Kier alpha value is -0.120. The van der Waals surface area contributed by atoms with Crippen LogP contribution in [0.4, 0.5) is 0 Å². The summed E-state index contributed by atoms with van der Waals surface area (Å²) in [5.74, 6) is 0.743. The highest BCUT2D eigenvalue weighted by Crippen LogP contribution is 2.52. The molecule has 6 unspecified atom stereocenters. The number of hydrogen-bond donors (Lipinski definition) is 1. The second-order valence-corrected chi connectivity index (χ2v) is 7.28. The van der Waals surface area contributed by atoms with Gasteiger partial charge in [0.05, 0.1) is 18.3 Å². The van der Waals surface area contributed by atoms with E-state index in [1.165, 1.54) is 32.1 Å². The largest absolute Gasteiger partial charge is 0.377 e. The average Bonchev–Trinajstić information content (AvgIpc) is 2.98. The Morgan fingerprint density at radius 3 is 2.78 bits per heavy atom. The fourth-order valence-corrected chi connectivity index (χ4v) is 4.90. The molecule has 3 heterocycles. The first-order valence-corrected chi connectivity index (χ1v) is 7.69. The Bertz CT molecular complexity index is 343. The van der Waals surface area contributed by atoms with E-state index in [1.54, 1.807) is 0 Å². The lowest BCUT2D eigenvalue weighted by molar-refractivity contribution is -0.195. The van der Waals surface area contributed by atoms with E-state index in [-0.39, 0.29) is 0 Å². The van der Waals surface area contributed by atoms with Crippen LogP contribution in [0.3, 0.4) is 0 Å². The van der Waals surface area contributed by atoms with Crippen LogP contribution in [0.1, 0.15) is 46.0 Å². The van der Waals surface area contributed by atoms with Crippen LogP contribution in [0.2, 0.25) is 0 Å². The third-order valence-electron chi connectivity index (χ3n) is 5.83. The predicted octanol–water partition coefficient (Wildman–Crippen LogP) is 2.10. The quantitative estimate of drug-likeness (QED) is 0.815. The summed E-state index contributed by atoms with van der Waals surface area (Å²) >= 11 is 0. The molecule has 1 aliphatic carbocycles. The normalized spacial score (nSPS) is 53.0. The van der Waals surface area contributed by atoms with Crippen molar-refractivity contribution in [3.63, 3.8) is 0 Å². The first-order valence-electron chi connectivity index (χ1n) is 7.69. The molecule has 3 aliphatic heterocycles. The Morgan fingerprint density at radius 1 is 1.17 bits per heavy atom. The van der Waals surface area contributed by atoms with Gasteiger partial charge in [0.25, 0.3) is 0 Å². The molecule has 0 aromatic heterocycles. The zero-order chi connectivity index (χ0) is 12.3.